The summed E-state index contributed by atoms with van der Waals surface area (Å²) in [6, 6.07) is 16.5. The Bertz CT molecular complexity index is 1360. The largest absolute Gasteiger partial charge is 0.476 e. The van der Waals surface area contributed by atoms with Crippen molar-refractivity contribution in [2.75, 3.05) is 11.9 Å². The van der Waals surface area contributed by atoms with Crippen LogP contribution in [0.4, 0.5) is 10.1 Å². The zero-order valence-electron chi connectivity index (χ0n) is 18.0. The molecule has 0 unspecified atom stereocenters. The van der Waals surface area contributed by atoms with Gasteiger partial charge in [-0.3, -0.25) is 9.59 Å². The van der Waals surface area contributed by atoms with Crippen LogP contribution in [0.1, 0.15) is 16.7 Å². The molecule has 32 heavy (non-hydrogen) atoms. The first-order chi connectivity index (χ1) is 15.3. The van der Waals surface area contributed by atoms with Gasteiger partial charge in [-0.05, 0) is 68.3 Å². The summed E-state index contributed by atoms with van der Waals surface area (Å²) in [6.45, 7) is 5.42. The van der Waals surface area contributed by atoms with Crippen molar-refractivity contribution < 1.29 is 18.3 Å². The number of aryl methyl sites for hydroxylation is 3. The van der Waals surface area contributed by atoms with Crippen molar-refractivity contribution in [3.63, 3.8) is 0 Å². The van der Waals surface area contributed by atoms with Crippen LogP contribution in [0.3, 0.4) is 0 Å². The molecule has 4 rings (SSSR count). The maximum absolute atomic E-state index is 13.3. The number of nitrogens with one attached hydrogen (secondary N) is 1. The maximum atomic E-state index is 13.3. The van der Waals surface area contributed by atoms with E-state index in [1.165, 1.54) is 24.3 Å². The summed E-state index contributed by atoms with van der Waals surface area (Å²) in [7, 11) is 0. The molecule has 3 aromatic carbocycles. The van der Waals surface area contributed by atoms with Crippen LogP contribution in [0, 0.1) is 26.6 Å². The van der Waals surface area contributed by atoms with Crippen LogP contribution in [-0.4, -0.2) is 12.5 Å². The van der Waals surface area contributed by atoms with Crippen molar-refractivity contribution in [3.8, 4) is 17.1 Å². The fourth-order valence-electron chi connectivity index (χ4n) is 3.33. The quantitative estimate of drug-likeness (QED) is 0.450. The summed E-state index contributed by atoms with van der Waals surface area (Å²) in [5, 5.41) is 3.00. The molecule has 0 aliphatic carbocycles. The highest BCUT2D eigenvalue weighted by Gasteiger charge is 2.19. The Balaban J connectivity index is 1.71. The Morgan fingerprint density at radius 2 is 1.62 bits per heavy atom. The van der Waals surface area contributed by atoms with Crippen LogP contribution in [0.2, 0.25) is 0 Å². The second kappa shape index (κ2) is 8.67. The van der Waals surface area contributed by atoms with Gasteiger partial charge in [0.2, 0.25) is 11.2 Å². The van der Waals surface area contributed by atoms with Gasteiger partial charge < -0.3 is 14.5 Å². The Labute approximate surface area is 184 Å². The number of anilines is 1. The van der Waals surface area contributed by atoms with Crippen LogP contribution < -0.4 is 15.5 Å². The van der Waals surface area contributed by atoms with Gasteiger partial charge >= 0.3 is 0 Å². The predicted molar refractivity (Wildman–Crippen MR) is 123 cm³/mol. The molecule has 1 heterocycles. The molecule has 0 aliphatic rings. The van der Waals surface area contributed by atoms with Gasteiger partial charge in [0.15, 0.2) is 12.4 Å². The molecule has 4 aromatic rings. The van der Waals surface area contributed by atoms with E-state index in [4.69, 9.17) is 9.15 Å². The fraction of sp³-hybridized carbons (Fsp3) is 0.154. The lowest BCUT2D eigenvalue weighted by molar-refractivity contribution is -0.118. The number of benzene rings is 3. The minimum atomic E-state index is -0.481. The molecule has 0 bridgehead atoms. The summed E-state index contributed by atoms with van der Waals surface area (Å²) >= 11 is 0. The highest BCUT2D eigenvalue weighted by molar-refractivity contribution is 5.92. The van der Waals surface area contributed by atoms with E-state index in [0.29, 0.717) is 22.2 Å². The number of carbonyl (C=O) groups excluding carboxylic acids is 1. The summed E-state index contributed by atoms with van der Waals surface area (Å²) in [5.74, 6) is -0.647. The minimum absolute atomic E-state index is 0.0288. The van der Waals surface area contributed by atoms with Crippen LogP contribution in [0.15, 0.2) is 69.9 Å². The fourth-order valence-corrected chi connectivity index (χ4v) is 3.33. The molecule has 0 fully saturated rings. The number of rotatable bonds is 5. The predicted octanol–water partition coefficient (Wildman–Crippen LogP) is 5.54. The standard InChI is InChI=1S/C26H22FNO4/c1-15-4-6-18(7-5-15)25-26(24(30)21-12-16(2)17(3)13-22(21)32-25)31-14-23(29)28-20-10-8-19(27)9-11-20/h4-13H,14H2,1-3H3,(H,28,29). The third-order valence-corrected chi connectivity index (χ3v) is 5.25. The summed E-state index contributed by atoms with van der Waals surface area (Å²) in [6.07, 6.45) is 0. The molecule has 0 saturated carbocycles. The lowest BCUT2D eigenvalue weighted by atomic mass is 10.0. The average Bonchev–Trinajstić information content (AvgIpc) is 2.76. The molecule has 1 N–H and O–H groups in total. The van der Waals surface area contributed by atoms with Gasteiger partial charge in [0.25, 0.3) is 5.91 Å². The molecular formula is C26H22FNO4. The van der Waals surface area contributed by atoms with E-state index in [1.807, 2.05) is 51.1 Å². The summed E-state index contributed by atoms with van der Waals surface area (Å²) in [4.78, 5) is 25.7. The Morgan fingerprint density at radius 1 is 0.969 bits per heavy atom. The van der Waals surface area contributed by atoms with E-state index in [0.717, 1.165) is 16.7 Å². The van der Waals surface area contributed by atoms with Gasteiger partial charge in [0, 0.05) is 11.3 Å². The molecule has 0 aliphatic heterocycles. The van der Waals surface area contributed by atoms with Crippen LogP contribution in [0.5, 0.6) is 5.75 Å². The van der Waals surface area contributed by atoms with Gasteiger partial charge in [-0.1, -0.05) is 29.8 Å². The smallest absolute Gasteiger partial charge is 0.262 e. The number of hydrogen-bond acceptors (Lipinski definition) is 4. The lowest BCUT2D eigenvalue weighted by Crippen LogP contribution is -2.22. The number of carbonyl (C=O) groups is 1. The lowest BCUT2D eigenvalue weighted by Gasteiger charge is -2.13. The van der Waals surface area contributed by atoms with Gasteiger partial charge in [-0.25, -0.2) is 4.39 Å². The van der Waals surface area contributed by atoms with Crippen molar-refractivity contribution in [1.82, 2.24) is 0 Å². The highest BCUT2D eigenvalue weighted by Crippen LogP contribution is 2.32. The molecular weight excluding hydrogens is 409 g/mol. The number of halogens is 1. The van der Waals surface area contributed by atoms with Crippen molar-refractivity contribution in [2.45, 2.75) is 20.8 Å². The number of hydrogen-bond donors (Lipinski definition) is 1. The summed E-state index contributed by atoms with van der Waals surface area (Å²) in [5.41, 5.74) is 4.22. The SMILES string of the molecule is Cc1ccc(-c2oc3cc(C)c(C)cc3c(=O)c2OCC(=O)Nc2ccc(F)cc2)cc1. The van der Waals surface area contributed by atoms with Crippen LogP contribution >= 0.6 is 0 Å². The van der Waals surface area contributed by atoms with E-state index in [9.17, 15) is 14.0 Å². The normalized spacial score (nSPS) is 10.9. The van der Waals surface area contributed by atoms with Gasteiger partial charge in [0.1, 0.15) is 11.4 Å². The molecule has 0 spiro atoms. The van der Waals surface area contributed by atoms with E-state index < -0.39 is 18.3 Å². The average molecular weight is 431 g/mol. The number of amides is 1. The number of ether oxygens (including phenoxy) is 1. The molecule has 0 saturated heterocycles. The topological polar surface area (TPSA) is 68.5 Å². The first kappa shape index (κ1) is 21.3. The molecule has 1 aromatic heterocycles. The van der Waals surface area contributed by atoms with Crippen molar-refractivity contribution >= 4 is 22.6 Å². The van der Waals surface area contributed by atoms with Crippen molar-refractivity contribution in [1.29, 1.82) is 0 Å². The monoisotopic (exact) mass is 431 g/mol. The molecule has 6 heteroatoms. The van der Waals surface area contributed by atoms with E-state index >= 15 is 0 Å². The highest BCUT2D eigenvalue weighted by atomic mass is 19.1. The molecule has 0 atom stereocenters. The first-order valence-corrected chi connectivity index (χ1v) is 10.1. The third kappa shape index (κ3) is 4.39. The second-order valence-corrected chi connectivity index (χ2v) is 7.73. The van der Waals surface area contributed by atoms with E-state index in [2.05, 4.69) is 5.32 Å². The molecule has 5 nitrogen and oxygen atoms in total. The van der Waals surface area contributed by atoms with Crippen molar-refractivity contribution in [3.05, 3.63) is 93.4 Å². The minimum Gasteiger partial charge on any atom is -0.476 e. The van der Waals surface area contributed by atoms with Gasteiger partial charge in [-0.2, -0.15) is 0 Å². The zero-order chi connectivity index (χ0) is 22.8. The molecule has 0 radical (unpaired) electrons. The Kier molecular flexibility index (Phi) is 5.77. The van der Waals surface area contributed by atoms with E-state index in [1.54, 1.807) is 6.07 Å². The second-order valence-electron chi connectivity index (χ2n) is 7.73. The molecule has 1 amide bonds. The Morgan fingerprint density at radius 3 is 2.31 bits per heavy atom. The maximum Gasteiger partial charge on any atom is 0.262 e. The van der Waals surface area contributed by atoms with Crippen molar-refractivity contribution in [2.24, 2.45) is 0 Å². The van der Waals surface area contributed by atoms with Gasteiger partial charge in [-0.15, -0.1) is 0 Å². The van der Waals surface area contributed by atoms with E-state index in [-0.39, 0.29) is 16.9 Å². The Hall–Kier alpha value is -3.93. The third-order valence-electron chi connectivity index (χ3n) is 5.25. The molecule has 162 valence electrons. The first-order valence-electron chi connectivity index (χ1n) is 10.1. The summed E-state index contributed by atoms with van der Waals surface area (Å²) < 4.78 is 24.9. The number of fused-ring (bicyclic) bond motifs is 1. The van der Waals surface area contributed by atoms with Crippen LogP contribution in [-0.2, 0) is 4.79 Å². The van der Waals surface area contributed by atoms with Crippen LogP contribution in [0.25, 0.3) is 22.3 Å². The zero-order valence-corrected chi connectivity index (χ0v) is 18.0. The van der Waals surface area contributed by atoms with Gasteiger partial charge in [0.05, 0.1) is 5.39 Å².